The summed E-state index contributed by atoms with van der Waals surface area (Å²) in [5.41, 5.74) is 0. The lowest BCUT2D eigenvalue weighted by atomic mass is 10.1. The molecule has 75 heavy (non-hydrogen) atoms. The number of allylic oxidation sites excluding steroid dienone is 25. The van der Waals surface area contributed by atoms with Gasteiger partial charge in [-0.1, -0.05) is 249 Å². The van der Waals surface area contributed by atoms with Crippen molar-refractivity contribution in [2.24, 2.45) is 0 Å². The SMILES string of the molecule is CC/C=C\C/C=C\C/C=C\C/C=C\C/C=C\C/C=C\CCCCCCCCCCC(=O)OCC(COC(=O)CCCCCCC/C=C\C/C=C\CCCCC)OC(=O)C/C=C\C/C=C\C/C=C\C/C=C\C/C=C\CC. The lowest BCUT2D eigenvalue weighted by molar-refractivity contribution is -0.166. The van der Waals surface area contributed by atoms with Crippen LogP contribution < -0.4 is 0 Å². The van der Waals surface area contributed by atoms with Crippen LogP contribution in [0.25, 0.3) is 0 Å². The first-order chi connectivity index (χ1) is 37.0. The zero-order valence-corrected chi connectivity index (χ0v) is 48.0. The molecule has 0 aliphatic carbocycles. The Morgan fingerprint density at radius 3 is 0.880 bits per heavy atom. The summed E-state index contributed by atoms with van der Waals surface area (Å²) in [6.45, 7) is 6.27. The van der Waals surface area contributed by atoms with Crippen LogP contribution in [0.4, 0.5) is 0 Å². The topological polar surface area (TPSA) is 78.9 Å². The van der Waals surface area contributed by atoms with E-state index in [2.05, 4.69) is 167 Å². The zero-order chi connectivity index (χ0) is 54.3. The van der Waals surface area contributed by atoms with Gasteiger partial charge in [-0.2, -0.15) is 0 Å². The molecule has 6 nitrogen and oxygen atoms in total. The van der Waals surface area contributed by atoms with Crippen LogP contribution >= 0.6 is 0 Å². The fraction of sp³-hybridized carbons (Fsp3) is 0.580. The van der Waals surface area contributed by atoms with E-state index in [4.69, 9.17) is 14.2 Å². The Kier molecular flexibility index (Phi) is 57.5. The maximum absolute atomic E-state index is 12.8. The summed E-state index contributed by atoms with van der Waals surface area (Å²) in [6, 6.07) is 0. The Hall–Kier alpha value is -4.97. The molecular formula is C69H108O6. The molecule has 1 atom stereocenters. The van der Waals surface area contributed by atoms with E-state index in [1.54, 1.807) is 6.08 Å². The highest BCUT2D eigenvalue weighted by Gasteiger charge is 2.19. The molecule has 420 valence electrons. The predicted molar refractivity (Wildman–Crippen MR) is 325 cm³/mol. The Morgan fingerprint density at radius 2 is 0.560 bits per heavy atom. The molecule has 0 saturated carbocycles. The summed E-state index contributed by atoms with van der Waals surface area (Å²) in [6.07, 6.45) is 89.8. The van der Waals surface area contributed by atoms with Crippen LogP contribution in [0.15, 0.2) is 158 Å². The molecule has 0 aromatic carbocycles. The summed E-state index contributed by atoms with van der Waals surface area (Å²) in [5.74, 6) is -1.09. The monoisotopic (exact) mass is 1030 g/mol. The second-order valence-electron chi connectivity index (χ2n) is 19.2. The van der Waals surface area contributed by atoms with Crippen molar-refractivity contribution in [3.05, 3.63) is 158 Å². The largest absolute Gasteiger partial charge is 0.462 e. The van der Waals surface area contributed by atoms with Crippen molar-refractivity contribution in [2.75, 3.05) is 13.2 Å². The lowest BCUT2D eigenvalue weighted by Crippen LogP contribution is -2.30. The fourth-order valence-corrected chi connectivity index (χ4v) is 7.61. The van der Waals surface area contributed by atoms with Gasteiger partial charge in [0.2, 0.25) is 0 Å². The van der Waals surface area contributed by atoms with Gasteiger partial charge in [0.1, 0.15) is 13.2 Å². The quantitative estimate of drug-likeness (QED) is 0.0261. The van der Waals surface area contributed by atoms with Crippen molar-refractivity contribution in [3.63, 3.8) is 0 Å². The van der Waals surface area contributed by atoms with E-state index >= 15 is 0 Å². The average Bonchev–Trinajstić information content (AvgIpc) is 3.41. The number of carbonyl (C=O) groups excluding carboxylic acids is 3. The summed E-state index contributed by atoms with van der Waals surface area (Å²) in [5, 5.41) is 0. The van der Waals surface area contributed by atoms with E-state index in [1.165, 1.54) is 57.8 Å². The summed E-state index contributed by atoms with van der Waals surface area (Å²) < 4.78 is 16.7. The van der Waals surface area contributed by atoms with Gasteiger partial charge in [-0.05, 0) is 128 Å². The van der Waals surface area contributed by atoms with Gasteiger partial charge in [0.15, 0.2) is 6.10 Å². The number of hydrogen-bond acceptors (Lipinski definition) is 6. The minimum atomic E-state index is -0.850. The Bertz CT molecular complexity index is 1710. The van der Waals surface area contributed by atoms with E-state index in [0.29, 0.717) is 19.3 Å². The molecule has 0 aromatic rings. The Morgan fingerprint density at radius 1 is 0.293 bits per heavy atom. The molecule has 0 rings (SSSR count). The maximum Gasteiger partial charge on any atom is 0.310 e. The van der Waals surface area contributed by atoms with Crippen LogP contribution in [0.5, 0.6) is 0 Å². The smallest absolute Gasteiger partial charge is 0.310 e. The number of rotatable bonds is 52. The normalized spacial score (nSPS) is 13.3. The molecule has 0 fully saturated rings. The number of ether oxygens (including phenoxy) is 3. The summed E-state index contributed by atoms with van der Waals surface area (Å²) in [7, 11) is 0. The van der Waals surface area contributed by atoms with Gasteiger partial charge in [-0.15, -0.1) is 0 Å². The average molecular weight is 1030 g/mol. The first kappa shape index (κ1) is 70.0. The number of unbranched alkanes of at least 4 members (excludes halogenated alkanes) is 16. The molecule has 0 heterocycles. The van der Waals surface area contributed by atoms with Crippen LogP contribution in [0.3, 0.4) is 0 Å². The Balaban J connectivity index is 4.46. The van der Waals surface area contributed by atoms with Gasteiger partial charge in [-0.3, -0.25) is 14.4 Å². The van der Waals surface area contributed by atoms with Crippen molar-refractivity contribution < 1.29 is 28.6 Å². The molecule has 0 saturated heterocycles. The highest BCUT2D eigenvalue weighted by molar-refractivity contribution is 5.72. The van der Waals surface area contributed by atoms with Gasteiger partial charge >= 0.3 is 17.9 Å². The predicted octanol–water partition coefficient (Wildman–Crippen LogP) is 20.5. The van der Waals surface area contributed by atoms with E-state index in [-0.39, 0.29) is 31.6 Å². The molecule has 0 amide bonds. The van der Waals surface area contributed by atoms with Crippen LogP contribution in [0.1, 0.15) is 239 Å². The first-order valence-corrected chi connectivity index (χ1v) is 30.0. The second-order valence-corrected chi connectivity index (χ2v) is 19.2. The molecule has 1 unspecified atom stereocenters. The van der Waals surface area contributed by atoms with Gasteiger partial charge in [0.25, 0.3) is 0 Å². The molecule has 0 aliphatic heterocycles. The third-order valence-corrected chi connectivity index (χ3v) is 12.0. The van der Waals surface area contributed by atoms with Crippen molar-refractivity contribution in [1.29, 1.82) is 0 Å². The van der Waals surface area contributed by atoms with Crippen LogP contribution in [0, 0.1) is 0 Å². The summed E-state index contributed by atoms with van der Waals surface area (Å²) in [4.78, 5) is 38.1. The first-order valence-electron chi connectivity index (χ1n) is 30.0. The molecule has 6 heteroatoms. The number of carbonyl (C=O) groups is 3. The van der Waals surface area contributed by atoms with E-state index in [9.17, 15) is 14.4 Å². The van der Waals surface area contributed by atoms with Crippen molar-refractivity contribution >= 4 is 17.9 Å². The van der Waals surface area contributed by atoms with E-state index in [0.717, 1.165) is 135 Å². The third-order valence-electron chi connectivity index (χ3n) is 12.0. The summed E-state index contributed by atoms with van der Waals surface area (Å²) >= 11 is 0. The van der Waals surface area contributed by atoms with Crippen molar-refractivity contribution in [3.8, 4) is 0 Å². The molecule has 0 radical (unpaired) electrons. The van der Waals surface area contributed by atoms with Crippen LogP contribution in [-0.2, 0) is 28.6 Å². The van der Waals surface area contributed by atoms with Gasteiger partial charge < -0.3 is 14.2 Å². The minimum Gasteiger partial charge on any atom is -0.462 e. The molecule has 0 bridgehead atoms. The second kappa shape index (κ2) is 61.6. The zero-order valence-electron chi connectivity index (χ0n) is 48.0. The molecule has 0 aliphatic rings. The molecular weight excluding hydrogens is 925 g/mol. The highest BCUT2D eigenvalue weighted by Crippen LogP contribution is 2.13. The van der Waals surface area contributed by atoms with Crippen LogP contribution in [-0.4, -0.2) is 37.2 Å². The van der Waals surface area contributed by atoms with Gasteiger partial charge in [0, 0.05) is 12.8 Å². The van der Waals surface area contributed by atoms with Crippen LogP contribution in [0.2, 0.25) is 0 Å². The molecule has 0 spiro atoms. The number of hydrogen-bond donors (Lipinski definition) is 0. The molecule has 0 N–H and O–H groups in total. The third kappa shape index (κ3) is 59.8. The highest BCUT2D eigenvalue weighted by atomic mass is 16.6. The van der Waals surface area contributed by atoms with Gasteiger partial charge in [0.05, 0.1) is 6.42 Å². The standard InChI is InChI=1S/C69H108O6/c1-4-7-10-13-16-19-22-25-28-29-30-31-32-33-34-35-36-37-38-39-42-44-47-50-53-56-59-62-68(71)74-65-66(75-69(72)63-60-57-54-51-48-45-41-27-24-21-18-15-12-9-6-3)64-73-67(70)61-58-55-52-49-46-43-40-26-23-20-17-14-11-8-5-2/h7,9-10,12,16-21,25-28,30-31,33-34,36-37,40-41,48,51,57,60,66H,4-6,8,11,13-15,22-24,29,32,35,38-39,42-47,49-50,52-56,58-59,61-65H2,1-3H3/b10-7-,12-9-,19-16-,20-17-,21-18-,28-25-,31-30-,34-33-,37-36-,40-26-,41-27-,51-48-,60-57-. The lowest BCUT2D eigenvalue weighted by Gasteiger charge is -2.18. The number of esters is 3. The van der Waals surface area contributed by atoms with E-state index in [1.807, 2.05) is 6.08 Å². The molecule has 0 aromatic heterocycles. The van der Waals surface area contributed by atoms with Crippen molar-refractivity contribution in [1.82, 2.24) is 0 Å². The van der Waals surface area contributed by atoms with Gasteiger partial charge in [-0.25, -0.2) is 0 Å². The Labute approximate surface area is 460 Å². The van der Waals surface area contributed by atoms with E-state index < -0.39 is 12.1 Å². The maximum atomic E-state index is 12.8. The van der Waals surface area contributed by atoms with Crippen molar-refractivity contribution in [2.45, 2.75) is 245 Å². The fourth-order valence-electron chi connectivity index (χ4n) is 7.61. The minimum absolute atomic E-state index is 0.0847.